The molecule has 0 aliphatic carbocycles. The van der Waals surface area contributed by atoms with Crippen LogP contribution in [0.15, 0.2) is 0 Å². The van der Waals surface area contributed by atoms with Gasteiger partial charge < -0.3 is 15.2 Å². The summed E-state index contributed by atoms with van der Waals surface area (Å²) >= 11 is 0. The molecule has 0 heterocycles. The molecule has 0 aromatic heterocycles. The van der Waals surface area contributed by atoms with Gasteiger partial charge in [-0.1, -0.05) is 71.1 Å². The van der Waals surface area contributed by atoms with Gasteiger partial charge in [0, 0.05) is 0 Å². The van der Waals surface area contributed by atoms with Gasteiger partial charge in [-0.15, -0.1) is 0 Å². The molecule has 7 heteroatoms. The highest BCUT2D eigenvalue weighted by Crippen LogP contribution is 2.12. The largest absolute Gasteiger partial charge is 0.726 e. The maximum absolute atomic E-state index is 9.22. The van der Waals surface area contributed by atoms with Crippen LogP contribution in [0.2, 0.25) is 0 Å². The van der Waals surface area contributed by atoms with E-state index in [1.165, 1.54) is 83.6 Å². The highest BCUT2D eigenvalue weighted by Gasteiger charge is 2.04. The Morgan fingerprint density at radius 1 is 0.760 bits per heavy atom. The van der Waals surface area contributed by atoms with Crippen LogP contribution in [0.1, 0.15) is 84.0 Å². The van der Waals surface area contributed by atoms with Crippen molar-refractivity contribution in [3.05, 3.63) is 0 Å². The van der Waals surface area contributed by atoms with Crippen LogP contribution in [0.25, 0.3) is 0 Å². The average molecular weight is 385 g/mol. The third-order valence-electron chi connectivity index (χ3n) is 3.89. The molecule has 0 aromatic carbocycles. The summed E-state index contributed by atoms with van der Waals surface area (Å²) in [6.45, 7) is 3.62. The van der Waals surface area contributed by atoms with Crippen molar-refractivity contribution in [3.63, 3.8) is 0 Å². The fraction of sp³-hybridized carbons (Fsp3) is 1.00. The molecule has 0 aliphatic heterocycles. The first-order chi connectivity index (χ1) is 11.1. The molecule has 0 amide bonds. The summed E-state index contributed by atoms with van der Waals surface area (Å²) in [6.07, 6.45) is 17.4. The van der Waals surface area contributed by atoms with Crippen LogP contribution in [-0.4, -0.2) is 52.3 Å². The molecule has 0 saturated carbocycles. The maximum atomic E-state index is 9.22. The Balaban J connectivity index is -0.000000592. The van der Waals surface area contributed by atoms with Crippen LogP contribution in [0.5, 0.6) is 0 Å². The molecule has 0 saturated heterocycles. The Morgan fingerprint density at radius 3 is 1.28 bits per heavy atom. The molecule has 0 rings (SSSR count). The molecule has 0 fully saturated rings. The van der Waals surface area contributed by atoms with Gasteiger partial charge in [0.15, 0.2) is 0 Å². The van der Waals surface area contributed by atoms with Crippen molar-refractivity contribution in [2.75, 3.05) is 34.8 Å². The molecule has 0 spiro atoms. The zero-order valence-electron chi connectivity index (χ0n) is 17.4. The highest BCUT2D eigenvalue weighted by molar-refractivity contribution is 7.80. The van der Waals surface area contributed by atoms with Crippen molar-refractivity contribution < 1.29 is 21.6 Å². The fourth-order valence-electron chi connectivity index (χ4n) is 2.43. The number of hydrogen-bond donors (Lipinski definition) is 1. The molecule has 25 heavy (non-hydrogen) atoms. The predicted molar refractivity (Wildman–Crippen MR) is 106 cm³/mol. The molecular formula is C18H44N2O4S. The third kappa shape index (κ3) is 35.7. The van der Waals surface area contributed by atoms with E-state index in [1.54, 1.807) is 0 Å². The van der Waals surface area contributed by atoms with Crippen molar-refractivity contribution in [2.45, 2.75) is 84.0 Å². The van der Waals surface area contributed by atoms with E-state index in [0.717, 1.165) is 11.6 Å². The van der Waals surface area contributed by atoms with Gasteiger partial charge in [-0.25, -0.2) is 8.42 Å². The predicted octanol–water partition coefficient (Wildman–Crippen LogP) is 4.65. The highest BCUT2D eigenvalue weighted by atomic mass is 32.3. The Kier molecular flexibility index (Phi) is 22.0. The van der Waals surface area contributed by atoms with Gasteiger partial charge in [0.05, 0.1) is 34.8 Å². The van der Waals surface area contributed by atoms with Crippen LogP contribution >= 0.6 is 0 Å². The van der Waals surface area contributed by atoms with Gasteiger partial charge in [0.1, 0.15) is 0 Å². The van der Waals surface area contributed by atoms with Crippen LogP contribution in [-0.2, 0) is 14.6 Å². The van der Waals surface area contributed by atoms with Crippen molar-refractivity contribution >= 4 is 10.4 Å². The van der Waals surface area contributed by atoms with Gasteiger partial charge in [0.2, 0.25) is 10.4 Å². The van der Waals surface area contributed by atoms with E-state index in [4.69, 9.17) is 0 Å². The van der Waals surface area contributed by atoms with E-state index in [9.17, 15) is 13.0 Å². The lowest BCUT2D eigenvalue weighted by Gasteiger charge is -2.23. The number of hydrogen-bond acceptors (Lipinski definition) is 5. The number of rotatable bonds is 14. The minimum Gasteiger partial charge on any atom is -0.726 e. The summed E-state index contributed by atoms with van der Waals surface area (Å²) in [5.41, 5.74) is 0. The molecule has 6 nitrogen and oxygen atoms in total. The van der Waals surface area contributed by atoms with Crippen molar-refractivity contribution in [3.8, 4) is 0 Å². The van der Waals surface area contributed by atoms with E-state index in [0.29, 0.717) is 0 Å². The lowest BCUT2D eigenvalue weighted by molar-refractivity contribution is -0.870. The normalized spacial score (nSPS) is 11.4. The first kappa shape index (κ1) is 29.5. The Hall–Kier alpha value is -0.210. The van der Waals surface area contributed by atoms with Crippen LogP contribution in [0.4, 0.5) is 0 Å². The fourth-order valence-corrected chi connectivity index (χ4v) is 2.43. The topological polar surface area (TPSA) is 101 Å². The molecule has 0 atom stereocenters. The summed E-state index contributed by atoms with van der Waals surface area (Å²) in [7, 11) is 3.27. The molecule has 0 unspecified atom stereocenters. The van der Waals surface area contributed by atoms with Crippen LogP contribution < -0.4 is 6.15 Å². The van der Waals surface area contributed by atoms with Crippen molar-refractivity contribution in [1.29, 1.82) is 0 Å². The molecule has 3 N–H and O–H groups in total. The summed E-state index contributed by atoms with van der Waals surface area (Å²) in [6, 6.07) is 0. The summed E-state index contributed by atoms with van der Waals surface area (Å²) in [5, 5.41) is 0. The van der Waals surface area contributed by atoms with E-state index >= 15 is 0 Å². The second kappa shape index (κ2) is 18.6. The SMILES string of the molecule is CCCCCCCCCCCCCC[N+](C)(C)C.COS(=O)(=O)[O-].N. The first-order valence-electron chi connectivity index (χ1n) is 9.44. The minimum absolute atomic E-state index is 0. The van der Waals surface area contributed by atoms with Crippen molar-refractivity contribution in [1.82, 2.24) is 6.15 Å². The van der Waals surface area contributed by atoms with E-state index in [-0.39, 0.29) is 6.15 Å². The maximum Gasteiger partial charge on any atom is 0.217 e. The summed E-state index contributed by atoms with van der Waals surface area (Å²) < 4.78 is 32.1. The van der Waals surface area contributed by atoms with Crippen molar-refractivity contribution in [2.24, 2.45) is 0 Å². The third-order valence-corrected chi connectivity index (χ3v) is 4.29. The Bertz CT molecular complexity index is 355. The van der Waals surface area contributed by atoms with E-state index in [2.05, 4.69) is 32.2 Å². The Labute approximate surface area is 157 Å². The van der Waals surface area contributed by atoms with Gasteiger partial charge in [-0.05, 0) is 12.8 Å². The zero-order chi connectivity index (χ0) is 18.9. The molecule has 0 radical (unpaired) electrons. The number of quaternary nitrogens is 1. The second-order valence-corrected chi connectivity index (χ2v) is 8.63. The van der Waals surface area contributed by atoms with E-state index in [1.807, 2.05) is 0 Å². The second-order valence-electron chi connectivity index (χ2n) is 7.48. The number of nitrogens with zero attached hydrogens (tertiary/aromatic N) is 1. The quantitative estimate of drug-likeness (QED) is 0.203. The molecular weight excluding hydrogens is 340 g/mol. The molecule has 156 valence electrons. The number of unbranched alkanes of at least 4 members (excludes halogenated alkanes) is 11. The lowest BCUT2D eigenvalue weighted by Crippen LogP contribution is -2.35. The standard InChI is InChI=1S/C17H38N.CH4O4S.H3N/c1-5-6-7-8-9-10-11-12-13-14-15-16-17-18(2,3)4;1-5-6(2,3)4;/h5-17H2,1-4H3;1H3,(H,2,3,4);1H3/q+1;;/p-1. The lowest BCUT2D eigenvalue weighted by atomic mass is 10.1. The zero-order valence-corrected chi connectivity index (χ0v) is 18.2. The van der Waals surface area contributed by atoms with Gasteiger partial charge in [-0.2, -0.15) is 0 Å². The minimum atomic E-state index is -4.41. The average Bonchev–Trinajstić information content (AvgIpc) is 2.47. The molecule has 0 aromatic rings. The Morgan fingerprint density at radius 2 is 1.04 bits per heavy atom. The van der Waals surface area contributed by atoms with Gasteiger partial charge >= 0.3 is 0 Å². The first-order valence-corrected chi connectivity index (χ1v) is 10.8. The van der Waals surface area contributed by atoms with Crippen LogP contribution in [0, 0.1) is 0 Å². The monoisotopic (exact) mass is 384 g/mol. The smallest absolute Gasteiger partial charge is 0.217 e. The summed E-state index contributed by atoms with van der Waals surface area (Å²) in [4.78, 5) is 0. The van der Waals surface area contributed by atoms with Gasteiger partial charge in [0.25, 0.3) is 0 Å². The van der Waals surface area contributed by atoms with Gasteiger partial charge in [-0.3, -0.25) is 4.18 Å². The summed E-state index contributed by atoms with van der Waals surface area (Å²) in [5.74, 6) is 0. The van der Waals surface area contributed by atoms with Crippen LogP contribution in [0.3, 0.4) is 0 Å². The van der Waals surface area contributed by atoms with E-state index < -0.39 is 10.4 Å². The molecule has 0 aliphatic rings. The molecule has 0 bridgehead atoms.